The molecule has 2 heterocycles. The van der Waals surface area contributed by atoms with Crippen molar-refractivity contribution in [2.45, 2.75) is 51.6 Å². The van der Waals surface area contributed by atoms with Crippen molar-refractivity contribution in [1.82, 2.24) is 10.3 Å². The van der Waals surface area contributed by atoms with E-state index in [0.717, 1.165) is 32.1 Å². The molecule has 0 saturated carbocycles. The summed E-state index contributed by atoms with van der Waals surface area (Å²) in [5.41, 5.74) is 1.23. The van der Waals surface area contributed by atoms with Gasteiger partial charge in [-0.1, -0.05) is 25.8 Å². The van der Waals surface area contributed by atoms with E-state index in [2.05, 4.69) is 29.3 Å². The van der Waals surface area contributed by atoms with Gasteiger partial charge in [-0.2, -0.15) is 0 Å². The third-order valence-electron chi connectivity index (χ3n) is 4.26. The third kappa shape index (κ3) is 4.97. The zero-order valence-corrected chi connectivity index (χ0v) is 13.5. The van der Waals surface area contributed by atoms with E-state index < -0.39 is 0 Å². The first kappa shape index (κ1) is 16.2. The van der Waals surface area contributed by atoms with Gasteiger partial charge in [0.05, 0.1) is 6.61 Å². The number of pyridine rings is 1. The average Bonchev–Trinajstić information content (AvgIpc) is 2.77. The van der Waals surface area contributed by atoms with Gasteiger partial charge >= 0.3 is 0 Å². The number of nitrogens with zero attached hydrogens (tertiary/aromatic N) is 2. The Bertz CT molecular complexity index is 394. The van der Waals surface area contributed by atoms with Gasteiger partial charge in [-0.05, 0) is 30.9 Å². The highest BCUT2D eigenvalue weighted by Gasteiger charge is 2.20. The number of methoxy groups -OCH3 is 1. The molecular formula is C17H29N3O. The molecule has 0 radical (unpaired) electrons. The first-order valence-corrected chi connectivity index (χ1v) is 8.26. The van der Waals surface area contributed by atoms with E-state index in [9.17, 15) is 0 Å². The minimum absolute atomic E-state index is 0.658. The van der Waals surface area contributed by atoms with Crippen molar-refractivity contribution < 1.29 is 4.74 Å². The first-order chi connectivity index (χ1) is 10.3. The Morgan fingerprint density at radius 1 is 1.33 bits per heavy atom. The van der Waals surface area contributed by atoms with Crippen LogP contribution >= 0.6 is 0 Å². The van der Waals surface area contributed by atoms with Gasteiger partial charge in [0.2, 0.25) is 0 Å². The van der Waals surface area contributed by atoms with E-state index in [1.54, 1.807) is 7.11 Å². The van der Waals surface area contributed by atoms with Gasteiger partial charge in [0, 0.05) is 39.0 Å². The van der Waals surface area contributed by atoms with Gasteiger partial charge in [0.15, 0.2) is 0 Å². The maximum absolute atomic E-state index is 5.03. The molecule has 1 aliphatic heterocycles. The van der Waals surface area contributed by atoms with Crippen LogP contribution in [0.25, 0.3) is 0 Å². The first-order valence-electron chi connectivity index (χ1n) is 8.26. The maximum atomic E-state index is 5.03. The highest BCUT2D eigenvalue weighted by atomic mass is 16.5. The van der Waals surface area contributed by atoms with Crippen molar-refractivity contribution in [3.8, 4) is 0 Å². The van der Waals surface area contributed by atoms with Crippen molar-refractivity contribution in [3.63, 3.8) is 0 Å². The summed E-state index contributed by atoms with van der Waals surface area (Å²) >= 11 is 0. The van der Waals surface area contributed by atoms with Gasteiger partial charge in [-0.3, -0.25) is 0 Å². The van der Waals surface area contributed by atoms with Gasteiger partial charge in [-0.25, -0.2) is 4.98 Å². The lowest BCUT2D eigenvalue weighted by molar-refractivity contribution is 0.199. The lowest BCUT2D eigenvalue weighted by Gasteiger charge is -2.30. The maximum Gasteiger partial charge on any atom is 0.128 e. The number of aromatic nitrogens is 1. The summed E-state index contributed by atoms with van der Waals surface area (Å²) in [6.07, 6.45) is 8.52. The highest BCUT2D eigenvalue weighted by Crippen LogP contribution is 2.24. The van der Waals surface area contributed by atoms with Crippen LogP contribution in [-0.2, 0) is 11.3 Å². The van der Waals surface area contributed by atoms with Crippen molar-refractivity contribution in [3.05, 3.63) is 23.9 Å². The van der Waals surface area contributed by atoms with E-state index in [4.69, 9.17) is 9.72 Å². The molecule has 1 saturated heterocycles. The van der Waals surface area contributed by atoms with E-state index in [-0.39, 0.29) is 0 Å². The lowest BCUT2D eigenvalue weighted by Crippen LogP contribution is -2.35. The second-order valence-corrected chi connectivity index (χ2v) is 5.80. The third-order valence-corrected chi connectivity index (χ3v) is 4.26. The van der Waals surface area contributed by atoms with Gasteiger partial charge in [0.25, 0.3) is 0 Å². The average molecular weight is 291 g/mol. The van der Waals surface area contributed by atoms with Crippen molar-refractivity contribution >= 4 is 5.82 Å². The molecule has 0 amide bonds. The Kier molecular flexibility index (Phi) is 6.96. The molecule has 1 aromatic rings. The Morgan fingerprint density at radius 3 is 2.95 bits per heavy atom. The zero-order chi connectivity index (χ0) is 14.9. The van der Waals surface area contributed by atoms with E-state index in [1.165, 1.54) is 37.7 Å². The predicted molar refractivity (Wildman–Crippen MR) is 87.7 cm³/mol. The Labute approximate surface area is 128 Å². The van der Waals surface area contributed by atoms with Crippen LogP contribution in [-0.4, -0.2) is 37.8 Å². The number of nitrogens with one attached hydrogen (secondary N) is 1. The van der Waals surface area contributed by atoms with Crippen LogP contribution < -0.4 is 10.2 Å². The van der Waals surface area contributed by atoms with Crippen molar-refractivity contribution in [2.24, 2.45) is 0 Å². The fourth-order valence-electron chi connectivity index (χ4n) is 3.00. The monoisotopic (exact) mass is 291 g/mol. The van der Waals surface area contributed by atoms with E-state index in [0.29, 0.717) is 6.04 Å². The quantitative estimate of drug-likeness (QED) is 0.784. The molecule has 1 N–H and O–H groups in total. The molecule has 0 aliphatic carbocycles. The molecule has 1 atom stereocenters. The molecule has 1 fully saturated rings. The van der Waals surface area contributed by atoms with Crippen LogP contribution in [0.15, 0.2) is 18.3 Å². The normalized spacial score (nSPS) is 19.5. The SMILES string of the molecule is CCC1CCCCCN1c1ccc(CNCCOC)cn1. The molecule has 1 unspecified atom stereocenters. The Morgan fingerprint density at radius 2 is 2.24 bits per heavy atom. The fourth-order valence-corrected chi connectivity index (χ4v) is 3.00. The van der Waals surface area contributed by atoms with Gasteiger partial charge in [0.1, 0.15) is 5.82 Å². The molecule has 0 bridgehead atoms. The number of ether oxygens (including phenoxy) is 1. The Balaban J connectivity index is 1.93. The number of hydrogen-bond donors (Lipinski definition) is 1. The van der Waals surface area contributed by atoms with Crippen LogP contribution in [0.2, 0.25) is 0 Å². The van der Waals surface area contributed by atoms with Crippen LogP contribution in [0.1, 0.15) is 44.6 Å². The van der Waals surface area contributed by atoms with Gasteiger partial charge < -0.3 is 15.0 Å². The Hall–Kier alpha value is -1.13. The molecule has 4 heteroatoms. The highest BCUT2D eigenvalue weighted by molar-refractivity contribution is 5.40. The minimum atomic E-state index is 0.658. The molecular weight excluding hydrogens is 262 g/mol. The van der Waals surface area contributed by atoms with Crippen molar-refractivity contribution in [1.29, 1.82) is 0 Å². The predicted octanol–water partition coefficient (Wildman–Crippen LogP) is 2.98. The summed E-state index contributed by atoms with van der Waals surface area (Å²) in [5.74, 6) is 1.14. The van der Waals surface area contributed by atoms with Crippen LogP contribution in [0.5, 0.6) is 0 Å². The molecule has 0 aromatic carbocycles. The van der Waals surface area contributed by atoms with E-state index in [1.807, 2.05) is 6.20 Å². The van der Waals surface area contributed by atoms with Crippen LogP contribution in [0, 0.1) is 0 Å². The summed E-state index contributed by atoms with van der Waals surface area (Å²) < 4.78 is 5.03. The summed E-state index contributed by atoms with van der Waals surface area (Å²) in [6.45, 7) is 5.92. The number of hydrogen-bond acceptors (Lipinski definition) is 4. The van der Waals surface area contributed by atoms with Crippen LogP contribution in [0.3, 0.4) is 0 Å². The molecule has 21 heavy (non-hydrogen) atoms. The molecule has 0 spiro atoms. The zero-order valence-electron chi connectivity index (χ0n) is 13.5. The second kappa shape index (κ2) is 9.00. The summed E-state index contributed by atoms with van der Waals surface area (Å²) in [7, 11) is 1.73. The van der Waals surface area contributed by atoms with E-state index >= 15 is 0 Å². The topological polar surface area (TPSA) is 37.4 Å². The fraction of sp³-hybridized carbons (Fsp3) is 0.706. The molecule has 1 aromatic heterocycles. The van der Waals surface area contributed by atoms with Crippen LogP contribution in [0.4, 0.5) is 5.82 Å². The number of rotatable bonds is 7. The summed E-state index contributed by atoms with van der Waals surface area (Å²) in [6, 6.07) is 5.03. The molecule has 4 nitrogen and oxygen atoms in total. The number of anilines is 1. The molecule has 118 valence electrons. The summed E-state index contributed by atoms with van der Waals surface area (Å²) in [4.78, 5) is 7.20. The standard InChI is InChI=1S/C17H29N3O/c1-3-16-7-5-4-6-11-20(16)17-9-8-15(14-19-17)13-18-10-12-21-2/h8-9,14,16,18H,3-7,10-13H2,1-2H3. The molecule has 1 aliphatic rings. The minimum Gasteiger partial charge on any atom is -0.383 e. The molecule has 2 rings (SSSR count). The van der Waals surface area contributed by atoms with Crippen molar-refractivity contribution in [2.75, 3.05) is 31.7 Å². The smallest absolute Gasteiger partial charge is 0.128 e. The second-order valence-electron chi connectivity index (χ2n) is 5.80. The van der Waals surface area contributed by atoms with Gasteiger partial charge in [-0.15, -0.1) is 0 Å². The summed E-state index contributed by atoms with van der Waals surface area (Å²) in [5, 5.41) is 3.35. The largest absolute Gasteiger partial charge is 0.383 e. The lowest BCUT2D eigenvalue weighted by atomic mass is 10.1.